The molecule has 0 saturated heterocycles. The molecule has 104 valence electrons. The summed E-state index contributed by atoms with van der Waals surface area (Å²) in [6.45, 7) is 19.7. The molecule has 0 aliphatic heterocycles. The molecule has 0 fully saturated rings. The molecule has 0 rings (SSSR count). The van der Waals surface area contributed by atoms with Gasteiger partial charge in [0.15, 0.2) is 0 Å². The molecule has 0 aromatic heterocycles. The van der Waals surface area contributed by atoms with Crippen molar-refractivity contribution in [3.8, 4) is 0 Å². The van der Waals surface area contributed by atoms with Crippen LogP contribution in [0.2, 0.25) is 0 Å². The SMILES string of the molecule is CCN(CCCC(C)(C)C)CCOC(C)(C)C. The maximum atomic E-state index is 5.77. The third kappa shape index (κ3) is 12.2. The average molecular weight is 243 g/mol. The van der Waals surface area contributed by atoms with E-state index in [1.165, 1.54) is 19.4 Å². The van der Waals surface area contributed by atoms with E-state index in [0.717, 1.165) is 19.7 Å². The van der Waals surface area contributed by atoms with Crippen LogP contribution in [-0.2, 0) is 4.74 Å². The van der Waals surface area contributed by atoms with Crippen molar-refractivity contribution < 1.29 is 4.74 Å². The van der Waals surface area contributed by atoms with E-state index in [0.29, 0.717) is 5.41 Å². The van der Waals surface area contributed by atoms with Crippen LogP contribution in [0.25, 0.3) is 0 Å². The molecular formula is C15H33NO. The van der Waals surface area contributed by atoms with E-state index in [4.69, 9.17) is 4.74 Å². The van der Waals surface area contributed by atoms with Gasteiger partial charge in [-0.15, -0.1) is 0 Å². The lowest BCUT2D eigenvalue weighted by molar-refractivity contribution is -0.0128. The quantitative estimate of drug-likeness (QED) is 0.671. The average Bonchev–Trinajstić information content (AvgIpc) is 2.11. The van der Waals surface area contributed by atoms with Crippen LogP contribution in [0, 0.1) is 5.41 Å². The Morgan fingerprint density at radius 3 is 1.94 bits per heavy atom. The summed E-state index contributed by atoms with van der Waals surface area (Å²) >= 11 is 0. The largest absolute Gasteiger partial charge is 0.375 e. The summed E-state index contributed by atoms with van der Waals surface area (Å²) in [5.74, 6) is 0. The second kappa shape index (κ2) is 7.38. The van der Waals surface area contributed by atoms with Crippen molar-refractivity contribution in [2.75, 3.05) is 26.2 Å². The van der Waals surface area contributed by atoms with Gasteiger partial charge in [0, 0.05) is 6.54 Å². The summed E-state index contributed by atoms with van der Waals surface area (Å²) in [4.78, 5) is 2.48. The lowest BCUT2D eigenvalue weighted by Crippen LogP contribution is -2.32. The monoisotopic (exact) mass is 243 g/mol. The minimum atomic E-state index is -0.00911. The number of ether oxygens (including phenoxy) is 1. The maximum absolute atomic E-state index is 5.77. The Labute approximate surface area is 109 Å². The van der Waals surface area contributed by atoms with Gasteiger partial charge in [-0.05, 0) is 52.1 Å². The molecule has 0 atom stereocenters. The van der Waals surface area contributed by atoms with Gasteiger partial charge in [0.2, 0.25) is 0 Å². The van der Waals surface area contributed by atoms with Gasteiger partial charge in [-0.2, -0.15) is 0 Å². The summed E-state index contributed by atoms with van der Waals surface area (Å²) in [5.41, 5.74) is 0.451. The molecule has 0 saturated carbocycles. The van der Waals surface area contributed by atoms with Crippen LogP contribution in [0.1, 0.15) is 61.3 Å². The van der Waals surface area contributed by atoms with Crippen molar-refractivity contribution in [3.05, 3.63) is 0 Å². The second-order valence-electron chi connectivity index (χ2n) is 7.06. The normalized spacial score (nSPS) is 13.4. The van der Waals surface area contributed by atoms with Gasteiger partial charge in [-0.25, -0.2) is 0 Å². The van der Waals surface area contributed by atoms with Crippen LogP contribution < -0.4 is 0 Å². The van der Waals surface area contributed by atoms with Crippen LogP contribution in [0.3, 0.4) is 0 Å². The van der Waals surface area contributed by atoms with Crippen LogP contribution in [0.15, 0.2) is 0 Å². The molecular weight excluding hydrogens is 210 g/mol. The fraction of sp³-hybridized carbons (Fsp3) is 1.00. The standard InChI is InChI=1S/C15H33NO/c1-8-16(11-9-10-14(2,3)4)12-13-17-15(5,6)7/h8-13H2,1-7H3. The van der Waals surface area contributed by atoms with Gasteiger partial charge in [0.25, 0.3) is 0 Å². The third-order valence-corrected chi connectivity index (χ3v) is 2.79. The summed E-state index contributed by atoms with van der Waals surface area (Å²) in [6.07, 6.45) is 2.58. The molecule has 2 heteroatoms. The fourth-order valence-electron chi connectivity index (χ4n) is 1.74. The Hall–Kier alpha value is -0.0800. The summed E-state index contributed by atoms with van der Waals surface area (Å²) < 4.78 is 5.77. The first-order valence-electron chi connectivity index (χ1n) is 7.00. The van der Waals surface area contributed by atoms with Crippen molar-refractivity contribution in [3.63, 3.8) is 0 Å². The van der Waals surface area contributed by atoms with Crippen molar-refractivity contribution in [2.45, 2.75) is 66.9 Å². The van der Waals surface area contributed by atoms with E-state index in [1.807, 2.05) is 0 Å². The predicted octanol–water partition coefficient (Wildman–Crippen LogP) is 3.95. The van der Waals surface area contributed by atoms with Gasteiger partial charge < -0.3 is 9.64 Å². The zero-order valence-electron chi connectivity index (χ0n) is 13.1. The van der Waals surface area contributed by atoms with Crippen molar-refractivity contribution in [1.29, 1.82) is 0 Å². The van der Waals surface area contributed by atoms with Crippen LogP contribution in [-0.4, -0.2) is 36.7 Å². The van der Waals surface area contributed by atoms with E-state index in [1.54, 1.807) is 0 Å². The van der Waals surface area contributed by atoms with Gasteiger partial charge in [-0.3, -0.25) is 0 Å². The fourth-order valence-corrected chi connectivity index (χ4v) is 1.74. The van der Waals surface area contributed by atoms with Crippen molar-refractivity contribution in [1.82, 2.24) is 4.90 Å². The highest BCUT2D eigenvalue weighted by molar-refractivity contribution is 4.65. The van der Waals surface area contributed by atoms with E-state index < -0.39 is 0 Å². The van der Waals surface area contributed by atoms with Gasteiger partial charge in [0.05, 0.1) is 12.2 Å². The molecule has 0 aliphatic carbocycles. The first-order valence-corrected chi connectivity index (χ1v) is 7.00. The molecule has 0 unspecified atom stereocenters. The predicted molar refractivity (Wildman–Crippen MR) is 76.5 cm³/mol. The Kier molecular flexibility index (Phi) is 7.34. The molecule has 0 aliphatic rings. The van der Waals surface area contributed by atoms with E-state index in [2.05, 4.69) is 53.4 Å². The molecule has 0 aromatic rings. The van der Waals surface area contributed by atoms with E-state index >= 15 is 0 Å². The second-order valence-corrected chi connectivity index (χ2v) is 7.06. The topological polar surface area (TPSA) is 12.5 Å². The van der Waals surface area contributed by atoms with Crippen molar-refractivity contribution >= 4 is 0 Å². The molecule has 0 radical (unpaired) electrons. The highest BCUT2D eigenvalue weighted by Crippen LogP contribution is 2.20. The first kappa shape index (κ1) is 16.9. The van der Waals surface area contributed by atoms with Gasteiger partial charge in [0.1, 0.15) is 0 Å². The molecule has 0 bridgehead atoms. The first-order chi connectivity index (χ1) is 7.64. The molecule has 0 heterocycles. The molecule has 0 aromatic carbocycles. The smallest absolute Gasteiger partial charge is 0.0600 e. The number of hydrogen-bond donors (Lipinski definition) is 0. The Balaban J connectivity index is 3.70. The molecule has 0 amide bonds. The molecule has 2 nitrogen and oxygen atoms in total. The van der Waals surface area contributed by atoms with Gasteiger partial charge >= 0.3 is 0 Å². The third-order valence-electron chi connectivity index (χ3n) is 2.79. The Bertz CT molecular complexity index is 168. The molecule has 0 spiro atoms. The molecule has 17 heavy (non-hydrogen) atoms. The zero-order chi connectivity index (χ0) is 13.5. The zero-order valence-corrected chi connectivity index (χ0v) is 13.1. The lowest BCUT2D eigenvalue weighted by atomic mass is 9.90. The Morgan fingerprint density at radius 2 is 1.53 bits per heavy atom. The number of likely N-dealkylation sites (N-methyl/N-ethyl adjacent to an activating group) is 1. The van der Waals surface area contributed by atoms with Gasteiger partial charge in [-0.1, -0.05) is 27.7 Å². The summed E-state index contributed by atoms with van der Waals surface area (Å²) in [7, 11) is 0. The van der Waals surface area contributed by atoms with Crippen molar-refractivity contribution in [2.24, 2.45) is 5.41 Å². The maximum Gasteiger partial charge on any atom is 0.0600 e. The number of rotatable bonds is 7. The van der Waals surface area contributed by atoms with Crippen LogP contribution >= 0.6 is 0 Å². The Morgan fingerprint density at radius 1 is 0.941 bits per heavy atom. The van der Waals surface area contributed by atoms with Crippen LogP contribution in [0.4, 0.5) is 0 Å². The summed E-state index contributed by atoms with van der Waals surface area (Å²) in [6, 6.07) is 0. The minimum Gasteiger partial charge on any atom is -0.375 e. The highest BCUT2D eigenvalue weighted by atomic mass is 16.5. The lowest BCUT2D eigenvalue weighted by Gasteiger charge is -2.26. The van der Waals surface area contributed by atoms with E-state index in [9.17, 15) is 0 Å². The number of hydrogen-bond acceptors (Lipinski definition) is 2. The highest BCUT2D eigenvalue weighted by Gasteiger charge is 2.12. The molecule has 0 N–H and O–H groups in total. The summed E-state index contributed by atoms with van der Waals surface area (Å²) in [5, 5.41) is 0. The minimum absolute atomic E-state index is 0.00911. The number of nitrogens with zero attached hydrogens (tertiary/aromatic N) is 1. The van der Waals surface area contributed by atoms with E-state index in [-0.39, 0.29) is 5.60 Å². The van der Waals surface area contributed by atoms with Crippen LogP contribution in [0.5, 0.6) is 0 Å².